The van der Waals surface area contributed by atoms with Gasteiger partial charge in [0.2, 0.25) is 6.10 Å². The number of carbonyl (C=O) groups excluding carboxylic acids is 2. The van der Waals surface area contributed by atoms with Gasteiger partial charge in [0.05, 0.1) is 17.2 Å². The van der Waals surface area contributed by atoms with Crippen LogP contribution in [0, 0.1) is 0 Å². The molecule has 1 unspecified atom stereocenters. The third kappa shape index (κ3) is 1.54. The van der Waals surface area contributed by atoms with Crippen molar-refractivity contribution >= 4 is 23.6 Å². The van der Waals surface area contributed by atoms with Gasteiger partial charge in [-0.05, 0) is 11.6 Å². The zero-order valence-electron chi connectivity index (χ0n) is 8.66. The molecule has 6 heteroatoms. The largest absolute Gasteiger partial charge is 0.492 e. The highest BCUT2D eigenvalue weighted by molar-refractivity contribution is 6.32. The van der Waals surface area contributed by atoms with E-state index in [-0.39, 0.29) is 0 Å². The quantitative estimate of drug-likeness (QED) is 0.825. The van der Waals surface area contributed by atoms with Crippen molar-refractivity contribution in [3.8, 4) is 5.75 Å². The maximum Gasteiger partial charge on any atom is 0.415 e. The molecule has 0 saturated carbocycles. The van der Waals surface area contributed by atoms with E-state index < -0.39 is 18.1 Å². The van der Waals surface area contributed by atoms with Gasteiger partial charge >= 0.3 is 6.09 Å². The lowest BCUT2D eigenvalue weighted by Crippen LogP contribution is -2.20. The van der Waals surface area contributed by atoms with Crippen molar-refractivity contribution in [2.45, 2.75) is 12.5 Å². The second kappa shape index (κ2) is 3.63. The molecule has 88 valence electrons. The van der Waals surface area contributed by atoms with Crippen LogP contribution in [0.25, 0.3) is 0 Å². The van der Waals surface area contributed by atoms with Crippen LogP contribution in [0.15, 0.2) is 12.1 Å². The predicted octanol–water partition coefficient (Wildman–Crippen LogP) is 1.58. The fraction of sp³-hybridized carbons (Fsp3) is 0.273. The Morgan fingerprint density at radius 1 is 1.35 bits per heavy atom. The van der Waals surface area contributed by atoms with Crippen molar-refractivity contribution in [1.82, 2.24) is 5.32 Å². The summed E-state index contributed by atoms with van der Waals surface area (Å²) in [7, 11) is 0. The van der Waals surface area contributed by atoms with Gasteiger partial charge in [0.25, 0.3) is 5.91 Å². The fourth-order valence-electron chi connectivity index (χ4n) is 2.04. The number of alkyl carbamates (subject to hydrolysis) is 1. The van der Waals surface area contributed by atoms with Gasteiger partial charge in [-0.25, -0.2) is 4.79 Å². The Morgan fingerprint density at radius 3 is 2.88 bits per heavy atom. The summed E-state index contributed by atoms with van der Waals surface area (Å²) in [5.74, 6) is 0.0492. The van der Waals surface area contributed by atoms with Crippen molar-refractivity contribution < 1.29 is 19.1 Å². The highest BCUT2D eigenvalue weighted by atomic mass is 35.5. The van der Waals surface area contributed by atoms with Gasteiger partial charge in [0.1, 0.15) is 5.75 Å². The van der Waals surface area contributed by atoms with E-state index in [0.29, 0.717) is 22.9 Å². The van der Waals surface area contributed by atoms with Crippen LogP contribution >= 0.6 is 11.6 Å². The molecule has 2 aliphatic rings. The molecule has 1 saturated heterocycles. The van der Waals surface area contributed by atoms with Crippen LogP contribution in [0.5, 0.6) is 5.75 Å². The molecule has 2 heterocycles. The number of hydrogen-bond donors (Lipinski definition) is 1. The van der Waals surface area contributed by atoms with E-state index in [1.54, 1.807) is 6.07 Å². The molecule has 0 spiro atoms. The summed E-state index contributed by atoms with van der Waals surface area (Å²) in [6.07, 6.45) is -1.00. The van der Waals surface area contributed by atoms with Crippen LogP contribution in [-0.2, 0) is 16.0 Å². The molecule has 1 fully saturated rings. The van der Waals surface area contributed by atoms with Crippen LogP contribution in [0.2, 0.25) is 5.02 Å². The number of halogens is 1. The molecule has 0 radical (unpaired) electrons. The molecule has 2 aliphatic heterocycles. The third-order valence-corrected chi connectivity index (χ3v) is 3.12. The Hall–Kier alpha value is -1.75. The van der Waals surface area contributed by atoms with E-state index in [4.69, 9.17) is 21.1 Å². The Kier molecular flexibility index (Phi) is 2.22. The molecule has 17 heavy (non-hydrogen) atoms. The lowest BCUT2D eigenvalue weighted by atomic mass is 10.0. The average molecular weight is 254 g/mol. The van der Waals surface area contributed by atoms with Gasteiger partial charge in [-0.15, -0.1) is 0 Å². The van der Waals surface area contributed by atoms with E-state index in [0.717, 1.165) is 12.0 Å². The maximum atomic E-state index is 11.6. The summed E-state index contributed by atoms with van der Waals surface area (Å²) >= 11 is 6.05. The number of imide groups is 1. The number of fused-ring (bicyclic) bond motifs is 1. The van der Waals surface area contributed by atoms with Crippen LogP contribution in [0.1, 0.15) is 17.2 Å². The van der Waals surface area contributed by atoms with Gasteiger partial charge in [-0.3, -0.25) is 10.1 Å². The highest BCUT2D eigenvalue weighted by Gasteiger charge is 2.38. The monoisotopic (exact) mass is 253 g/mol. The molecule has 0 aliphatic carbocycles. The van der Waals surface area contributed by atoms with Crippen LogP contribution in [0.3, 0.4) is 0 Å². The number of cyclic esters (lactones) is 1. The van der Waals surface area contributed by atoms with Crippen LogP contribution in [0.4, 0.5) is 4.79 Å². The highest BCUT2D eigenvalue weighted by Crippen LogP contribution is 2.40. The lowest BCUT2D eigenvalue weighted by molar-refractivity contribution is -0.123. The molecular formula is C11H8ClNO4. The van der Waals surface area contributed by atoms with Crippen molar-refractivity contribution in [2.24, 2.45) is 0 Å². The predicted molar refractivity (Wildman–Crippen MR) is 58.0 cm³/mol. The minimum absolute atomic E-state index is 0.362. The number of carbonyl (C=O) groups is 2. The number of benzene rings is 1. The first-order valence-electron chi connectivity index (χ1n) is 5.12. The summed E-state index contributed by atoms with van der Waals surface area (Å²) in [6, 6.07) is 3.53. The summed E-state index contributed by atoms with van der Waals surface area (Å²) < 4.78 is 10.4. The van der Waals surface area contributed by atoms with E-state index in [1.807, 2.05) is 6.07 Å². The molecule has 5 nitrogen and oxygen atoms in total. The fourth-order valence-corrected chi connectivity index (χ4v) is 2.29. The number of amides is 2. The van der Waals surface area contributed by atoms with Crippen LogP contribution < -0.4 is 10.1 Å². The minimum Gasteiger partial charge on any atom is -0.492 e. The second-order valence-corrected chi connectivity index (χ2v) is 4.23. The Morgan fingerprint density at radius 2 is 2.18 bits per heavy atom. The first-order valence-corrected chi connectivity index (χ1v) is 5.50. The van der Waals surface area contributed by atoms with E-state index in [9.17, 15) is 9.59 Å². The van der Waals surface area contributed by atoms with Gasteiger partial charge in [-0.2, -0.15) is 0 Å². The Labute approximate surface area is 102 Å². The lowest BCUT2D eigenvalue weighted by Gasteiger charge is -2.13. The molecule has 0 aromatic heterocycles. The van der Waals surface area contributed by atoms with Crippen molar-refractivity contribution in [3.63, 3.8) is 0 Å². The van der Waals surface area contributed by atoms with Gasteiger partial charge < -0.3 is 9.47 Å². The summed E-state index contributed by atoms with van der Waals surface area (Å²) in [4.78, 5) is 22.6. The van der Waals surface area contributed by atoms with E-state index in [1.165, 1.54) is 0 Å². The van der Waals surface area contributed by atoms with Gasteiger partial charge in [-0.1, -0.05) is 17.7 Å². The van der Waals surface area contributed by atoms with Crippen molar-refractivity contribution in [2.75, 3.05) is 6.61 Å². The van der Waals surface area contributed by atoms with E-state index in [2.05, 4.69) is 5.32 Å². The molecule has 1 atom stereocenters. The number of ether oxygens (including phenoxy) is 2. The topological polar surface area (TPSA) is 64.6 Å². The summed E-state index contributed by atoms with van der Waals surface area (Å²) in [6.45, 7) is 0.547. The molecule has 3 rings (SSSR count). The molecule has 1 aromatic rings. The standard InChI is InChI=1S/C11H8ClNO4/c12-6-2-1-5-3-4-16-8(5)7(6)9-10(14)13-11(15)17-9/h1-2,9H,3-4H2,(H,13,14,15). The number of nitrogens with one attached hydrogen (secondary N) is 1. The normalized spacial score (nSPS) is 21.8. The Balaban J connectivity index is 2.11. The Bertz CT molecular complexity index is 528. The molecular weight excluding hydrogens is 246 g/mol. The zero-order valence-corrected chi connectivity index (χ0v) is 9.41. The zero-order chi connectivity index (χ0) is 12.0. The average Bonchev–Trinajstić information content (AvgIpc) is 2.85. The summed E-state index contributed by atoms with van der Waals surface area (Å²) in [5.41, 5.74) is 1.41. The first kappa shape index (κ1) is 10.4. The first-order chi connectivity index (χ1) is 8.16. The summed E-state index contributed by atoms with van der Waals surface area (Å²) in [5, 5.41) is 2.43. The SMILES string of the molecule is O=C1NC(=O)C(c2c(Cl)ccc3c2OCC3)O1. The van der Waals surface area contributed by atoms with E-state index >= 15 is 0 Å². The maximum absolute atomic E-state index is 11.6. The number of hydrogen-bond acceptors (Lipinski definition) is 4. The molecule has 1 aromatic carbocycles. The van der Waals surface area contributed by atoms with Crippen molar-refractivity contribution in [3.05, 3.63) is 28.3 Å². The second-order valence-electron chi connectivity index (χ2n) is 3.82. The number of rotatable bonds is 1. The smallest absolute Gasteiger partial charge is 0.415 e. The van der Waals surface area contributed by atoms with Gasteiger partial charge in [0.15, 0.2) is 0 Å². The molecule has 2 amide bonds. The van der Waals surface area contributed by atoms with Crippen molar-refractivity contribution in [1.29, 1.82) is 0 Å². The molecule has 0 bridgehead atoms. The minimum atomic E-state index is -1.01. The third-order valence-electron chi connectivity index (χ3n) is 2.79. The van der Waals surface area contributed by atoms with Gasteiger partial charge in [0, 0.05) is 6.42 Å². The molecule has 1 N–H and O–H groups in total. The van der Waals surface area contributed by atoms with Crippen LogP contribution in [-0.4, -0.2) is 18.6 Å².